The lowest BCUT2D eigenvalue weighted by Gasteiger charge is -2.12. The predicted molar refractivity (Wildman–Crippen MR) is 92.7 cm³/mol. The molecule has 0 heterocycles. The van der Waals surface area contributed by atoms with Gasteiger partial charge in [0, 0.05) is 5.56 Å². The lowest BCUT2D eigenvalue weighted by Crippen LogP contribution is -2.33. The highest BCUT2D eigenvalue weighted by atomic mass is 16.2. The van der Waals surface area contributed by atoms with E-state index in [1.54, 1.807) is 60.7 Å². The van der Waals surface area contributed by atoms with Crippen molar-refractivity contribution < 1.29 is 14.4 Å². The van der Waals surface area contributed by atoms with E-state index in [9.17, 15) is 14.4 Å². The van der Waals surface area contributed by atoms with Gasteiger partial charge in [-0.2, -0.15) is 5.26 Å². The quantitative estimate of drug-likeness (QED) is 0.748. The molecule has 0 atom stereocenters. The van der Waals surface area contributed by atoms with Crippen LogP contribution in [0.5, 0.6) is 0 Å². The highest BCUT2D eigenvalue weighted by molar-refractivity contribution is 6.02. The maximum absolute atomic E-state index is 12.0. The number of nitrogens with zero attached hydrogens (tertiary/aromatic N) is 1. The van der Waals surface area contributed by atoms with E-state index in [-0.39, 0.29) is 18.9 Å². The highest BCUT2D eigenvalue weighted by Gasteiger charge is 2.11. The molecule has 0 fully saturated rings. The Morgan fingerprint density at radius 1 is 0.840 bits per heavy atom. The van der Waals surface area contributed by atoms with Crippen molar-refractivity contribution >= 4 is 29.1 Å². The lowest BCUT2D eigenvalue weighted by molar-refractivity contribution is -0.116. The summed E-state index contributed by atoms with van der Waals surface area (Å²) in [6.45, 7) is -0.214. The molecule has 7 nitrogen and oxygen atoms in total. The third-order valence-corrected chi connectivity index (χ3v) is 3.16. The van der Waals surface area contributed by atoms with Crippen LogP contribution in [0.15, 0.2) is 54.6 Å². The average molecular weight is 336 g/mol. The number of carbonyl (C=O) groups excluding carboxylic acids is 3. The molecule has 7 heteroatoms. The first-order valence-electron chi connectivity index (χ1n) is 7.49. The summed E-state index contributed by atoms with van der Waals surface area (Å²) >= 11 is 0. The van der Waals surface area contributed by atoms with E-state index < -0.39 is 11.8 Å². The first kappa shape index (κ1) is 17.7. The van der Waals surface area contributed by atoms with Crippen molar-refractivity contribution in [2.75, 3.05) is 17.2 Å². The Bertz CT molecular complexity index is 813. The first-order chi connectivity index (χ1) is 12.1. The standard InChI is InChI=1S/C18H16N4O3/c19-11-10-16(23)21-14-8-4-5-9-15(14)22-17(24)12-20-18(25)13-6-2-1-3-7-13/h1-9H,10,12H2,(H,20,25)(H,21,23)(H,22,24). The highest BCUT2D eigenvalue weighted by Crippen LogP contribution is 2.20. The van der Waals surface area contributed by atoms with Crippen molar-refractivity contribution in [3.8, 4) is 6.07 Å². The zero-order valence-electron chi connectivity index (χ0n) is 13.3. The molecule has 0 unspecified atom stereocenters. The molecule has 126 valence electrons. The van der Waals surface area contributed by atoms with Crippen LogP contribution in [0, 0.1) is 11.3 Å². The van der Waals surface area contributed by atoms with Gasteiger partial charge in [0.15, 0.2) is 0 Å². The monoisotopic (exact) mass is 336 g/mol. The van der Waals surface area contributed by atoms with Gasteiger partial charge < -0.3 is 16.0 Å². The van der Waals surface area contributed by atoms with E-state index in [1.165, 1.54) is 0 Å². The van der Waals surface area contributed by atoms with Crippen LogP contribution in [0.1, 0.15) is 16.8 Å². The fourth-order valence-electron chi connectivity index (χ4n) is 2.01. The average Bonchev–Trinajstić information content (AvgIpc) is 2.62. The van der Waals surface area contributed by atoms with Crippen molar-refractivity contribution in [1.82, 2.24) is 5.32 Å². The van der Waals surface area contributed by atoms with Crippen molar-refractivity contribution in [2.45, 2.75) is 6.42 Å². The molecule has 2 rings (SSSR count). The second kappa shape index (κ2) is 8.84. The van der Waals surface area contributed by atoms with Crippen LogP contribution in [0.4, 0.5) is 11.4 Å². The smallest absolute Gasteiger partial charge is 0.251 e. The van der Waals surface area contributed by atoms with Crippen LogP contribution < -0.4 is 16.0 Å². The van der Waals surface area contributed by atoms with Crippen LogP contribution in [-0.4, -0.2) is 24.3 Å². The summed E-state index contributed by atoms with van der Waals surface area (Å²) in [5.41, 5.74) is 1.22. The molecule has 0 aliphatic carbocycles. The molecule has 0 bridgehead atoms. The number of para-hydroxylation sites is 2. The van der Waals surface area contributed by atoms with Gasteiger partial charge in [0.25, 0.3) is 5.91 Å². The fraction of sp³-hybridized carbons (Fsp3) is 0.111. The molecule has 0 radical (unpaired) electrons. The van der Waals surface area contributed by atoms with Crippen molar-refractivity contribution in [3.63, 3.8) is 0 Å². The minimum absolute atomic E-state index is 0.214. The van der Waals surface area contributed by atoms with Gasteiger partial charge in [-0.3, -0.25) is 14.4 Å². The van der Waals surface area contributed by atoms with Crippen molar-refractivity contribution in [2.24, 2.45) is 0 Å². The minimum atomic E-state index is -0.471. The summed E-state index contributed by atoms with van der Waals surface area (Å²) in [6.07, 6.45) is -0.282. The Hall–Kier alpha value is -3.66. The third-order valence-electron chi connectivity index (χ3n) is 3.16. The third kappa shape index (κ3) is 5.48. The molecule has 3 N–H and O–H groups in total. The number of amides is 3. The molecule has 0 saturated heterocycles. The van der Waals surface area contributed by atoms with E-state index in [4.69, 9.17) is 5.26 Å². The minimum Gasteiger partial charge on any atom is -0.343 e. The predicted octanol–water partition coefficient (Wildman–Crippen LogP) is 1.91. The Kier molecular flexibility index (Phi) is 6.25. The second-order valence-electron chi connectivity index (χ2n) is 5.03. The Labute approximate surface area is 144 Å². The van der Waals surface area contributed by atoms with Crippen LogP contribution in [0.3, 0.4) is 0 Å². The topological polar surface area (TPSA) is 111 Å². The fourth-order valence-corrected chi connectivity index (χ4v) is 2.01. The zero-order chi connectivity index (χ0) is 18.1. The molecule has 2 aromatic carbocycles. The van der Waals surface area contributed by atoms with Gasteiger partial charge in [0.2, 0.25) is 11.8 Å². The number of nitrogens with one attached hydrogen (secondary N) is 3. The normalized spacial score (nSPS) is 9.56. The molecule has 3 amide bonds. The zero-order valence-corrected chi connectivity index (χ0v) is 13.3. The molecular weight excluding hydrogens is 320 g/mol. The maximum atomic E-state index is 12.0. The molecule has 2 aromatic rings. The van der Waals surface area contributed by atoms with E-state index in [1.807, 2.05) is 0 Å². The van der Waals surface area contributed by atoms with Gasteiger partial charge in [-0.1, -0.05) is 30.3 Å². The summed E-state index contributed by atoms with van der Waals surface area (Å²) in [6, 6.07) is 16.9. The van der Waals surface area contributed by atoms with Crippen molar-refractivity contribution in [3.05, 3.63) is 60.2 Å². The summed E-state index contributed by atoms with van der Waals surface area (Å²) in [5, 5.41) is 16.2. The van der Waals surface area contributed by atoms with Crippen LogP contribution in [0.2, 0.25) is 0 Å². The summed E-state index contributed by atoms with van der Waals surface area (Å²) in [4.78, 5) is 35.4. The maximum Gasteiger partial charge on any atom is 0.251 e. The molecule has 25 heavy (non-hydrogen) atoms. The number of benzene rings is 2. The van der Waals surface area contributed by atoms with Gasteiger partial charge in [-0.25, -0.2) is 0 Å². The van der Waals surface area contributed by atoms with Gasteiger partial charge in [-0.15, -0.1) is 0 Å². The molecular formula is C18H16N4O3. The number of carbonyl (C=O) groups is 3. The Morgan fingerprint density at radius 3 is 2.00 bits per heavy atom. The molecule has 0 aromatic heterocycles. The number of nitriles is 1. The summed E-state index contributed by atoms with van der Waals surface area (Å²) < 4.78 is 0. The molecule has 0 spiro atoms. The van der Waals surface area contributed by atoms with E-state index >= 15 is 0 Å². The van der Waals surface area contributed by atoms with E-state index in [0.717, 1.165) is 0 Å². The summed E-state index contributed by atoms with van der Waals surface area (Å²) in [5.74, 6) is -1.26. The second-order valence-corrected chi connectivity index (χ2v) is 5.03. The van der Waals surface area contributed by atoms with Crippen LogP contribution in [0.25, 0.3) is 0 Å². The van der Waals surface area contributed by atoms with E-state index in [2.05, 4.69) is 16.0 Å². The SMILES string of the molecule is N#CCC(=O)Nc1ccccc1NC(=O)CNC(=O)c1ccccc1. The summed E-state index contributed by atoms with van der Waals surface area (Å²) in [7, 11) is 0. The number of rotatable bonds is 6. The Morgan fingerprint density at radius 2 is 1.40 bits per heavy atom. The van der Waals surface area contributed by atoms with Gasteiger partial charge >= 0.3 is 0 Å². The van der Waals surface area contributed by atoms with Gasteiger partial charge in [0.05, 0.1) is 24.0 Å². The number of anilines is 2. The molecule has 0 saturated carbocycles. The van der Waals surface area contributed by atoms with Gasteiger partial charge in [0.1, 0.15) is 6.42 Å². The first-order valence-corrected chi connectivity index (χ1v) is 7.49. The largest absolute Gasteiger partial charge is 0.343 e. The van der Waals surface area contributed by atoms with Gasteiger partial charge in [-0.05, 0) is 24.3 Å². The van der Waals surface area contributed by atoms with Crippen LogP contribution in [-0.2, 0) is 9.59 Å². The molecule has 0 aliphatic heterocycles. The van der Waals surface area contributed by atoms with Crippen molar-refractivity contribution in [1.29, 1.82) is 5.26 Å². The molecule has 0 aliphatic rings. The number of hydrogen-bond donors (Lipinski definition) is 3. The lowest BCUT2D eigenvalue weighted by atomic mass is 10.2. The number of hydrogen-bond acceptors (Lipinski definition) is 4. The van der Waals surface area contributed by atoms with E-state index in [0.29, 0.717) is 16.9 Å². The Balaban J connectivity index is 1.93. The van der Waals surface area contributed by atoms with Crippen LogP contribution >= 0.6 is 0 Å².